The Balaban J connectivity index is 1.98. The van der Waals surface area contributed by atoms with E-state index in [4.69, 9.17) is 4.74 Å². The van der Waals surface area contributed by atoms with E-state index in [1.54, 1.807) is 0 Å². The van der Waals surface area contributed by atoms with E-state index in [1.807, 2.05) is 12.1 Å². The second-order valence-corrected chi connectivity index (χ2v) is 6.19. The lowest BCUT2D eigenvalue weighted by atomic mass is 9.82. The molecule has 0 saturated heterocycles. The van der Waals surface area contributed by atoms with Gasteiger partial charge in [-0.1, -0.05) is 18.9 Å². The number of ether oxygens (including phenoxy) is 1. The quantitative estimate of drug-likeness (QED) is 0.771. The zero-order valence-electron chi connectivity index (χ0n) is 12.6. The minimum absolute atomic E-state index is 0.252. The van der Waals surface area contributed by atoms with Crippen molar-refractivity contribution in [3.8, 4) is 0 Å². The molecule has 0 N–H and O–H groups in total. The van der Waals surface area contributed by atoms with Crippen LogP contribution in [0.1, 0.15) is 54.4 Å². The van der Waals surface area contributed by atoms with Gasteiger partial charge in [0.2, 0.25) is 0 Å². The Morgan fingerprint density at radius 3 is 2.65 bits per heavy atom. The minimum atomic E-state index is -0.252. The van der Waals surface area contributed by atoms with Crippen LogP contribution in [0, 0.1) is 5.92 Å². The normalized spacial score (nSPS) is 25.9. The monoisotopic (exact) mass is 273 g/mol. The van der Waals surface area contributed by atoms with Gasteiger partial charge in [-0.25, -0.2) is 4.79 Å². The number of anilines is 1. The van der Waals surface area contributed by atoms with E-state index in [2.05, 4.69) is 24.9 Å². The lowest BCUT2D eigenvalue weighted by Gasteiger charge is -2.27. The summed E-state index contributed by atoms with van der Waals surface area (Å²) in [6, 6.07) is 6.57. The Morgan fingerprint density at radius 2 is 2.00 bits per heavy atom. The van der Waals surface area contributed by atoms with E-state index >= 15 is 0 Å². The van der Waals surface area contributed by atoms with Gasteiger partial charge in [0.1, 0.15) is 0 Å². The summed E-state index contributed by atoms with van der Waals surface area (Å²) in [4.78, 5) is 14.0. The summed E-state index contributed by atoms with van der Waals surface area (Å²) < 4.78 is 4.83. The van der Waals surface area contributed by atoms with E-state index in [9.17, 15) is 4.79 Å². The minimum Gasteiger partial charge on any atom is -0.465 e. The predicted octanol–water partition coefficient (Wildman–Crippen LogP) is 3.59. The number of carbonyl (C=O) groups is 1. The van der Waals surface area contributed by atoms with Crippen LogP contribution in [0.4, 0.5) is 5.69 Å². The van der Waals surface area contributed by atoms with Crippen LogP contribution in [0.15, 0.2) is 18.2 Å². The summed E-state index contributed by atoms with van der Waals surface area (Å²) >= 11 is 0. The first-order chi connectivity index (χ1) is 9.63. The number of hydrogen-bond donors (Lipinski definition) is 0. The summed E-state index contributed by atoms with van der Waals surface area (Å²) in [6.07, 6.45) is 5.43. The largest absolute Gasteiger partial charge is 0.465 e. The van der Waals surface area contributed by atoms with E-state index < -0.39 is 0 Å². The van der Waals surface area contributed by atoms with Gasteiger partial charge in [-0.05, 0) is 43.4 Å². The summed E-state index contributed by atoms with van der Waals surface area (Å²) in [7, 11) is 3.57. The summed E-state index contributed by atoms with van der Waals surface area (Å²) in [5.41, 5.74) is 3.27. The number of hydrogen-bond acceptors (Lipinski definition) is 3. The molecular formula is C17H23NO2. The van der Waals surface area contributed by atoms with E-state index in [-0.39, 0.29) is 5.97 Å². The lowest BCUT2D eigenvalue weighted by Crippen LogP contribution is -2.30. The molecule has 1 aliphatic carbocycles. The van der Waals surface area contributed by atoms with Crippen molar-refractivity contribution in [1.29, 1.82) is 0 Å². The first kappa shape index (κ1) is 13.5. The average Bonchev–Trinajstić information content (AvgIpc) is 3.06. The van der Waals surface area contributed by atoms with Gasteiger partial charge in [-0.15, -0.1) is 0 Å². The molecule has 2 aliphatic rings. The molecule has 3 rings (SSSR count). The smallest absolute Gasteiger partial charge is 0.337 e. The number of carbonyl (C=O) groups excluding carboxylic acids is 1. The molecule has 1 aliphatic heterocycles. The third kappa shape index (κ3) is 2.00. The van der Waals surface area contributed by atoms with Gasteiger partial charge in [0.05, 0.1) is 12.7 Å². The lowest BCUT2D eigenvalue weighted by molar-refractivity contribution is 0.0601. The van der Waals surface area contributed by atoms with Crippen molar-refractivity contribution in [1.82, 2.24) is 0 Å². The molecule has 3 nitrogen and oxygen atoms in total. The van der Waals surface area contributed by atoms with Gasteiger partial charge in [-0.2, -0.15) is 0 Å². The molecule has 1 aromatic carbocycles. The first-order valence-electron chi connectivity index (χ1n) is 7.58. The van der Waals surface area contributed by atoms with Crippen LogP contribution in [-0.2, 0) is 4.74 Å². The molecule has 0 bridgehead atoms. The molecule has 2 atom stereocenters. The van der Waals surface area contributed by atoms with Crippen molar-refractivity contribution in [3.63, 3.8) is 0 Å². The van der Waals surface area contributed by atoms with Gasteiger partial charge in [-0.3, -0.25) is 0 Å². The fourth-order valence-electron chi connectivity index (χ4n) is 4.06. The molecule has 1 aromatic rings. The molecule has 20 heavy (non-hydrogen) atoms. The summed E-state index contributed by atoms with van der Waals surface area (Å²) in [6.45, 7) is 2.31. The molecule has 0 amide bonds. The van der Waals surface area contributed by atoms with Crippen LogP contribution < -0.4 is 4.90 Å². The highest BCUT2D eigenvalue weighted by Crippen LogP contribution is 2.48. The van der Waals surface area contributed by atoms with Crippen molar-refractivity contribution in [2.75, 3.05) is 19.1 Å². The molecular weight excluding hydrogens is 250 g/mol. The SMILES string of the molecule is COC(=O)c1ccc2c(c1)N(C)C(C)C2C1CCCC1. The standard InChI is InChI=1S/C17H23NO2/c1-11-16(12-6-4-5-7-12)14-9-8-13(17(19)20-3)10-15(14)18(11)2/h8-12,16H,4-7H2,1-3H3. The molecule has 0 radical (unpaired) electrons. The first-order valence-corrected chi connectivity index (χ1v) is 7.58. The molecule has 0 aromatic heterocycles. The third-order valence-electron chi connectivity index (χ3n) is 5.23. The van der Waals surface area contributed by atoms with Gasteiger partial charge in [0.15, 0.2) is 0 Å². The van der Waals surface area contributed by atoms with Crippen molar-refractivity contribution in [2.24, 2.45) is 5.92 Å². The van der Waals surface area contributed by atoms with E-state index in [1.165, 1.54) is 44.0 Å². The molecule has 1 saturated carbocycles. The number of esters is 1. The highest BCUT2D eigenvalue weighted by atomic mass is 16.5. The van der Waals surface area contributed by atoms with Crippen LogP contribution in [0.5, 0.6) is 0 Å². The van der Waals surface area contributed by atoms with E-state index in [0.717, 1.165) is 5.92 Å². The third-order valence-corrected chi connectivity index (χ3v) is 5.23. The maximum absolute atomic E-state index is 11.7. The molecule has 0 spiro atoms. The summed E-state index contributed by atoms with van der Waals surface area (Å²) in [5.74, 6) is 1.17. The van der Waals surface area contributed by atoms with Crippen molar-refractivity contribution >= 4 is 11.7 Å². The second-order valence-electron chi connectivity index (χ2n) is 6.19. The number of methoxy groups -OCH3 is 1. The molecule has 108 valence electrons. The number of fused-ring (bicyclic) bond motifs is 1. The van der Waals surface area contributed by atoms with Crippen LogP contribution in [0.3, 0.4) is 0 Å². The van der Waals surface area contributed by atoms with Crippen LogP contribution in [-0.4, -0.2) is 26.2 Å². The topological polar surface area (TPSA) is 29.5 Å². The number of nitrogens with zero attached hydrogens (tertiary/aromatic N) is 1. The molecule has 2 unspecified atom stereocenters. The zero-order chi connectivity index (χ0) is 14.3. The Morgan fingerprint density at radius 1 is 1.30 bits per heavy atom. The van der Waals surface area contributed by atoms with Gasteiger partial charge < -0.3 is 9.64 Å². The van der Waals surface area contributed by atoms with Crippen molar-refractivity contribution in [3.05, 3.63) is 29.3 Å². The van der Waals surface area contributed by atoms with Crippen LogP contribution in [0.25, 0.3) is 0 Å². The summed E-state index contributed by atoms with van der Waals surface area (Å²) in [5, 5.41) is 0. The predicted molar refractivity (Wildman–Crippen MR) is 80.3 cm³/mol. The van der Waals surface area contributed by atoms with Crippen molar-refractivity contribution < 1.29 is 9.53 Å². The second kappa shape index (κ2) is 5.12. The van der Waals surface area contributed by atoms with Gasteiger partial charge in [0.25, 0.3) is 0 Å². The maximum atomic E-state index is 11.7. The fourth-order valence-corrected chi connectivity index (χ4v) is 4.06. The maximum Gasteiger partial charge on any atom is 0.337 e. The van der Waals surface area contributed by atoms with E-state index in [0.29, 0.717) is 17.5 Å². The Labute approximate surface area is 120 Å². The highest BCUT2D eigenvalue weighted by Gasteiger charge is 2.39. The zero-order valence-corrected chi connectivity index (χ0v) is 12.6. The number of likely N-dealkylation sites (N-methyl/N-ethyl adjacent to an activating group) is 1. The van der Waals surface area contributed by atoms with Crippen molar-refractivity contribution in [2.45, 2.75) is 44.6 Å². The van der Waals surface area contributed by atoms with Gasteiger partial charge >= 0.3 is 5.97 Å². The average molecular weight is 273 g/mol. The Bertz CT molecular complexity index is 520. The van der Waals surface area contributed by atoms with Crippen LogP contribution in [0.2, 0.25) is 0 Å². The number of rotatable bonds is 2. The Hall–Kier alpha value is -1.51. The Kier molecular flexibility index (Phi) is 3.45. The molecule has 1 heterocycles. The van der Waals surface area contributed by atoms with Crippen LogP contribution >= 0.6 is 0 Å². The van der Waals surface area contributed by atoms with Gasteiger partial charge in [0, 0.05) is 24.7 Å². The molecule has 1 fully saturated rings. The fraction of sp³-hybridized carbons (Fsp3) is 0.588. The highest BCUT2D eigenvalue weighted by molar-refractivity contribution is 5.91. The number of benzene rings is 1. The molecule has 3 heteroatoms.